The van der Waals surface area contributed by atoms with E-state index in [0.717, 1.165) is 0 Å². The van der Waals surface area contributed by atoms with E-state index in [4.69, 9.17) is 18.8 Å². The van der Waals surface area contributed by atoms with Crippen LogP contribution in [0.2, 0.25) is 18.1 Å². The van der Waals surface area contributed by atoms with E-state index in [1.807, 2.05) is 26.9 Å². The lowest BCUT2D eigenvalue weighted by Crippen LogP contribution is -2.60. The molecule has 0 radical (unpaired) electrons. The predicted octanol–water partition coefficient (Wildman–Crippen LogP) is 4.40. The molecule has 0 spiro atoms. The Labute approximate surface area is 195 Å². The molecular formula is C22H34N2O8Si. The minimum Gasteiger partial charge on any atom is -0.469 e. The van der Waals surface area contributed by atoms with Crippen LogP contribution in [0.4, 0.5) is 5.69 Å². The molecule has 1 aromatic rings. The van der Waals surface area contributed by atoms with Gasteiger partial charge in [0.05, 0.1) is 29.6 Å². The number of non-ortho nitro benzene ring substituents is 1. The first kappa shape index (κ1) is 26.9. The topological polar surface area (TPSA) is 117 Å². The third kappa shape index (κ3) is 6.82. The summed E-state index contributed by atoms with van der Waals surface area (Å²) in [4.78, 5) is 41.5. The zero-order valence-electron chi connectivity index (χ0n) is 20.5. The number of nitro groups is 1. The number of nitrogens with zero attached hydrogens (tertiary/aromatic N) is 2. The van der Waals surface area contributed by atoms with Crippen molar-refractivity contribution in [3.8, 4) is 0 Å². The Balaban J connectivity index is 2.34. The molecule has 0 aliphatic carbocycles. The van der Waals surface area contributed by atoms with Crippen LogP contribution in [0.15, 0.2) is 24.3 Å². The number of hydroxylamine groups is 2. The van der Waals surface area contributed by atoms with Crippen LogP contribution in [0.1, 0.15) is 57.8 Å². The highest BCUT2D eigenvalue weighted by atomic mass is 28.4. The van der Waals surface area contributed by atoms with Gasteiger partial charge in [-0.25, -0.2) is 4.79 Å². The lowest BCUT2D eigenvalue weighted by atomic mass is 9.93. The number of hydrogen-bond acceptors (Lipinski definition) is 9. The van der Waals surface area contributed by atoms with Crippen LogP contribution in [0.25, 0.3) is 0 Å². The van der Waals surface area contributed by atoms with Crippen LogP contribution in [0.5, 0.6) is 0 Å². The summed E-state index contributed by atoms with van der Waals surface area (Å²) in [5, 5.41) is 12.1. The van der Waals surface area contributed by atoms with Gasteiger partial charge in [-0.3, -0.25) is 19.7 Å². The third-order valence-corrected chi connectivity index (χ3v) is 10.3. The van der Waals surface area contributed by atoms with Crippen molar-refractivity contribution < 1.29 is 33.4 Å². The molecule has 0 bridgehead atoms. The minimum absolute atomic E-state index is 0.112. The molecule has 0 aromatic heterocycles. The van der Waals surface area contributed by atoms with Crippen LogP contribution >= 0.6 is 0 Å². The predicted molar refractivity (Wildman–Crippen MR) is 123 cm³/mol. The Bertz CT molecular complexity index is 879. The van der Waals surface area contributed by atoms with Gasteiger partial charge in [-0.1, -0.05) is 26.0 Å². The van der Waals surface area contributed by atoms with E-state index in [1.54, 1.807) is 0 Å². The molecule has 0 amide bonds. The number of carbonyl (C=O) groups excluding carboxylic acids is 2. The van der Waals surface area contributed by atoms with Gasteiger partial charge in [0.25, 0.3) is 5.69 Å². The fourth-order valence-corrected chi connectivity index (χ4v) is 3.95. The summed E-state index contributed by atoms with van der Waals surface area (Å²) in [7, 11) is -1.08. The molecular weight excluding hydrogens is 448 g/mol. The second-order valence-corrected chi connectivity index (χ2v) is 15.0. The molecule has 1 aliphatic heterocycles. The van der Waals surface area contributed by atoms with E-state index in [2.05, 4.69) is 20.8 Å². The SMILES string of the molecule is COC(=O)C[C@H]1[C@@H](OC(=O)c2ccc([N+](=O)[O-])cc2)CC(C)(C)ON1O[Si](C)(C)C(C)(C)C. The van der Waals surface area contributed by atoms with Crippen molar-refractivity contribution in [1.29, 1.82) is 0 Å². The number of nitro benzene ring substituents is 1. The first-order valence-electron chi connectivity index (χ1n) is 10.8. The van der Waals surface area contributed by atoms with Gasteiger partial charge in [0.15, 0.2) is 0 Å². The largest absolute Gasteiger partial charge is 0.469 e. The molecule has 0 unspecified atom stereocenters. The smallest absolute Gasteiger partial charge is 0.338 e. The number of benzene rings is 1. The van der Waals surface area contributed by atoms with Crippen molar-refractivity contribution >= 4 is 25.9 Å². The van der Waals surface area contributed by atoms with Crippen molar-refractivity contribution in [2.24, 2.45) is 0 Å². The fraction of sp³-hybridized carbons (Fsp3) is 0.636. The second kappa shape index (κ2) is 9.88. The summed E-state index contributed by atoms with van der Waals surface area (Å²) in [5.74, 6) is -1.15. The fourth-order valence-electron chi connectivity index (χ4n) is 3.06. The van der Waals surface area contributed by atoms with E-state index in [0.29, 0.717) is 6.42 Å². The summed E-state index contributed by atoms with van der Waals surface area (Å²) in [6, 6.07) is 4.42. The Morgan fingerprint density at radius 2 is 1.82 bits per heavy atom. The Kier molecular flexibility index (Phi) is 8.05. The molecule has 1 aromatic carbocycles. The number of esters is 2. The monoisotopic (exact) mass is 482 g/mol. The normalized spacial score (nSPS) is 21.3. The zero-order chi connectivity index (χ0) is 25.2. The molecule has 11 heteroatoms. The first-order chi connectivity index (χ1) is 15.1. The number of hydrogen-bond donors (Lipinski definition) is 0. The van der Waals surface area contributed by atoms with Crippen molar-refractivity contribution in [2.75, 3.05) is 7.11 Å². The van der Waals surface area contributed by atoms with Gasteiger partial charge in [-0.05, 0) is 44.1 Å². The van der Waals surface area contributed by atoms with E-state index in [1.165, 1.54) is 36.6 Å². The third-order valence-electron chi connectivity index (χ3n) is 6.03. The molecule has 2 atom stereocenters. The highest BCUT2D eigenvalue weighted by Crippen LogP contribution is 2.41. The molecule has 33 heavy (non-hydrogen) atoms. The van der Waals surface area contributed by atoms with E-state index >= 15 is 0 Å². The average Bonchev–Trinajstić information content (AvgIpc) is 2.68. The molecule has 1 fully saturated rings. The van der Waals surface area contributed by atoms with Crippen molar-refractivity contribution in [3.63, 3.8) is 0 Å². The van der Waals surface area contributed by atoms with Crippen LogP contribution in [0.3, 0.4) is 0 Å². The van der Waals surface area contributed by atoms with E-state index in [9.17, 15) is 19.7 Å². The van der Waals surface area contributed by atoms with Crippen molar-refractivity contribution in [3.05, 3.63) is 39.9 Å². The maximum Gasteiger partial charge on any atom is 0.338 e. The maximum absolute atomic E-state index is 12.9. The number of carbonyl (C=O) groups is 2. The lowest BCUT2D eigenvalue weighted by Gasteiger charge is -2.49. The molecule has 1 heterocycles. The van der Waals surface area contributed by atoms with E-state index in [-0.39, 0.29) is 22.7 Å². The average molecular weight is 483 g/mol. The van der Waals surface area contributed by atoms with Gasteiger partial charge in [0.1, 0.15) is 12.1 Å². The van der Waals surface area contributed by atoms with Crippen molar-refractivity contribution in [1.82, 2.24) is 5.23 Å². The van der Waals surface area contributed by atoms with Crippen LogP contribution in [-0.4, -0.2) is 55.3 Å². The van der Waals surface area contributed by atoms with Crippen molar-refractivity contribution in [2.45, 2.75) is 83.3 Å². The van der Waals surface area contributed by atoms with Gasteiger partial charge in [-0.15, -0.1) is 0 Å². The summed E-state index contributed by atoms with van der Waals surface area (Å²) < 4.78 is 17.0. The summed E-state index contributed by atoms with van der Waals surface area (Å²) in [6.07, 6.45) is -0.551. The van der Waals surface area contributed by atoms with Gasteiger partial charge in [-0.2, -0.15) is 0 Å². The Hall–Kier alpha value is -2.34. The standard InChI is InChI=1S/C22H34N2O8Si/c1-21(2,3)33(7,8)32-24-17(13-19(25)29-6)18(14-22(4,5)31-24)30-20(26)15-9-11-16(12-10-15)23(27)28/h9-12,17-18H,13-14H2,1-8H3/t17-,18-/m0/s1. The molecule has 1 saturated heterocycles. The first-order valence-corrected chi connectivity index (χ1v) is 13.7. The van der Waals surface area contributed by atoms with Gasteiger partial charge in [0, 0.05) is 18.6 Å². The molecule has 1 aliphatic rings. The summed E-state index contributed by atoms with van der Waals surface area (Å²) >= 11 is 0. The second-order valence-electron chi connectivity index (χ2n) is 10.3. The highest BCUT2D eigenvalue weighted by Gasteiger charge is 2.49. The lowest BCUT2D eigenvalue weighted by molar-refractivity contribution is -0.419. The van der Waals surface area contributed by atoms with Gasteiger partial charge in [0.2, 0.25) is 8.32 Å². The Morgan fingerprint density at radius 3 is 2.30 bits per heavy atom. The Morgan fingerprint density at radius 1 is 1.24 bits per heavy atom. The van der Waals surface area contributed by atoms with Crippen LogP contribution in [-0.2, 0) is 23.6 Å². The van der Waals surface area contributed by atoms with E-state index < -0.39 is 42.9 Å². The zero-order valence-corrected chi connectivity index (χ0v) is 21.5. The highest BCUT2D eigenvalue weighted by molar-refractivity contribution is 6.74. The van der Waals surface area contributed by atoms with Gasteiger partial charge < -0.3 is 14.0 Å². The molecule has 2 rings (SSSR count). The number of ether oxygens (including phenoxy) is 2. The quantitative estimate of drug-likeness (QED) is 0.241. The maximum atomic E-state index is 12.9. The molecule has 0 saturated carbocycles. The molecule has 10 nitrogen and oxygen atoms in total. The summed E-state index contributed by atoms with van der Waals surface area (Å²) in [5.41, 5.74) is -0.704. The number of rotatable bonds is 7. The minimum atomic E-state index is -2.36. The molecule has 0 N–H and O–H groups in total. The summed E-state index contributed by atoms with van der Waals surface area (Å²) in [6.45, 7) is 14.0. The number of methoxy groups -OCH3 is 1. The van der Waals surface area contributed by atoms with Gasteiger partial charge >= 0.3 is 11.9 Å². The van der Waals surface area contributed by atoms with Crippen LogP contribution < -0.4 is 0 Å². The van der Waals surface area contributed by atoms with Crippen LogP contribution in [0, 0.1) is 10.1 Å². The molecule has 184 valence electrons.